The summed E-state index contributed by atoms with van der Waals surface area (Å²) >= 11 is 0. The van der Waals surface area contributed by atoms with E-state index in [-0.39, 0.29) is 24.0 Å². The van der Waals surface area contributed by atoms with Gasteiger partial charge in [-0.1, -0.05) is 20.3 Å². The topological polar surface area (TPSA) is 72.9 Å². The predicted octanol–water partition coefficient (Wildman–Crippen LogP) is 2.59. The summed E-state index contributed by atoms with van der Waals surface area (Å²) in [4.78, 5) is 13.8. The van der Waals surface area contributed by atoms with Crippen molar-refractivity contribution in [2.45, 2.75) is 57.4 Å². The van der Waals surface area contributed by atoms with Crippen molar-refractivity contribution in [2.24, 2.45) is 4.99 Å². The van der Waals surface area contributed by atoms with Gasteiger partial charge in [0.25, 0.3) is 0 Å². The Morgan fingerprint density at radius 2 is 2.03 bits per heavy atom. The van der Waals surface area contributed by atoms with Crippen molar-refractivity contribution in [2.75, 3.05) is 50.4 Å². The molecule has 1 aliphatic carbocycles. The minimum absolute atomic E-state index is 0. The highest BCUT2D eigenvalue weighted by Crippen LogP contribution is 2.23. The molecule has 2 heterocycles. The van der Waals surface area contributed by atoms with E-state index in [9.17, 15) is 4.21 Å². The normalized spacial score (nSPS) is 23.7. The maximum absolute atomic E-state index is 12.2. The second kappa shape index (κ2) is 13.6. The molecular weight excluding hydrogens is 523 g/mol. The number of nitrogens with one attached hydrogen (secondary N) is 2. The second-order valence-electron chi connectivity index (χ2n) is 8.17. The fourth-order valence-electron chi connectivity index (χ4n) is 4.36. The highest BCUT2D eigenvalue weighted by molar-refractivity contribution is 14.0. The summed E-state index contributed by atoms with van der Waals surface area (Å²) in [6, 6.07) is 4.59. The number of pyridine rings is 1. The van der Waals surface area contributed by atoms with Crippen molar-refractivity contribution in [3.8, 4) is 0 Å². The first-order valence-corrected chi connectivity index (χ1v) is 12.8. The average molecular weight is 563 g/mol. The minimum atomic E-state index is -0.708. The van der Waals surface area contributed by atoms with Gasteiger partial charge in [-0.15, -0.1) is 24.0 Å². The zero-order chi connectivity index (χ0) is 21.3. The van der Waals surface area contributed by atoms with E-state index >= 15 is 0 Å². The lowest BCUT2D eigenvalue weighted by atomic mass is 9.95. The van der Waals surface area contributed by atoms with E-state index in [1.165, 1.54) is 5.56 Å². The van der Waals surface area contributed by atoms with Crippen LogP contribution in [0, 0.1) is 0 Å². The van der Waals surface area contributed by atoms with Crippen LogP contribution in [-0.2, 0) is 17.3 Å². The zero-order valence-corrected chi connectivity index (χ0v) is 22.3. The van der Waals surface area contributed by atoms with Crippen molar-refractivity contribution >= 4 is 46.6 Å². The van der Waals surface area contributed by atoms with Gasteiger partial charge in [-0.25, -0.2) is 4.98 Å². The molecular formula is C22H39IN6OS. The minimum Gasteiger partial charge on any atom is -0.354 e. The van der Waals surface area contributed by atoms with Gasteiger partial charge in [0.05, 0.1) is 0 Å². The summed E-state index contributed by atoms with van der Waals surface area (Å²) in [5.74, 6) is 2.63. The Balaban J connectivity index is 0.00000341. The summed E-state index contributed by atoms with van der Waals surface area (Å²) < 4.78 is 12.2. The fourth-order valence-corrected chi connectivity index (χ4v) is 5.71. The first-order chi connectivity index (χ1) is 14.6. The van der Waals surface area contributed by atoms with Gasteiger partial charge in [0, 0.05) is 73.8 Å². The van der Waals surface area contributed by atoms with Crippen LogP contribution in [-0.4, -0.2) is 76.9 Å². The molecule has 176 valence electrons. The molecule has 31 heavy (non-hydrogen) atoms. The van der Waals surface area contributed by atoms with Gasteiger partial charge in [-0.05, 0) is 43.5 Å². The van der Waals surface area contributed by atoms with Gasteiger partial charge in [0.15, 0.2) is 5.96 Å². The number of anilines is 1. The van der Waals surface area contributed by atoms with Gasteiger partial charge in [0.1, 0.15) is 5.82 Å². The Bertz CT molecular complexity index is 726. The lowest BCUT2D eigenvalue weighted by molar-refractivity contribution is 0.270. The molecule has 2 N–H and O–H groups in total. The average Bonchev–Trinajstić information content (AvgIpc) is 2.81. The molecule has 1 saturated carbocycles. The number of hydrogen-bond acceptors (Lipinski definition) is 5. The summed E-state index contributed by atoms with van der Waals surface area (Å²) in [5.41, 5.74) is 1.20. The Morgan fingerprint density at radius 1 is 1.26 bits per heavy atom. The third-order valence-corrected chi connectivity index (χ3v) is 8.00. The van der Waals surface area contributed by atoms with Crippen LogP contribution in [0.2, 0.25) is 0 Å². The van der Waals surface area contributed by atoms with E-state index in [1.54, 1.807) is 0 Å². The van der Waals surface area contributed by atoms with Crippen LogP contribution in [0.25, 0.3) is 0 Å². The monoisotopic (exact) mass is 562 g/mol. The Hall–Kier alpha value is -0.940. The zero-order valence-electron chi connectivity index (χ0n) is 19.2. The van der Waals surface area contributed by atoms with Crippen molar-refractivity contribution in [3.63, 3.8) is 0 Å². The van der Waals surface area contributed by atoms with Crippen LogP contribution in [0.3, 0.4) is 0 Å². The quantitative estimate of drug-likeness (QED) is 0.303. The molecule has 0 aromatic carbocycles. The maximum atomic E-state index is 12.2. The SMILES string of the molecule is CCN1CCN(c2cc(CNC(=NC)NC3CCCC(S(=O)CC)C3)ccn2)CC1.I. The molecule has 0 radical (unpaired) electrons. The number of rotatable bonds is 7. The van der Waals surface area contributed by atoms with E-state index in [0.29, 0.717) is 17.8 Å². The van der Waals surface area contributed by atoms with Gasteiger partial charge in [-0.2, -0.15) is 0 Å². The summed E-state index contributed by atoms with van der Waals surface area (Å²) in [5, 5.41) is 7.31. The standard InChI is InChI=1S/C22H38N6OS.HI/c1-4-27-11-13-28(14-12-27)21-15-18(9-10-24-21)17-25-22(23-3)26-19-7-6-8-20(16-19)30(29)5-2;/h9-10,15,19-20H,4-8,11-14,16-17H2,1-3H3,(H2,23,25,26);1H. The number of nitrogens with zero attached hydrogens (tertiary/aromatic N) is 4. The van der Waals surface area contributed by atoms with Gasteiger partial charge >= 0.3 is 0 Å². The molecule has 0 amide bonds. The van der Waals surface area contributed by atoms with Crippen LogP contribution in [0.5, 0.6) is 0 Å². The smallest absolute Gasteiger partial charge is 0.191 e. The summed E-state index contributed by atoms with van der Waals surface area (Å²) in [6.45, 7) is 10.3. The lowest BCUT2D eigenvalue weighted by Crippen LogP contribution is -2.46. The first-order valence-electron chi connectivity index (χ1n) is 11.4. The second-order valence-corrected chi connectivity index (χ2v) is 10.2. The molecule has 7 nitrogen and oxygen atoms in total. The predicted molar refractivity (Wildman–Crippen MR) is 142 cm³/mol. The molecule has 1 aromatic rings. The molecule has 2 fully saturated rings. The molecule has 3 unspecified atom stereocenters. The van der Waals surface area contributed by atoms with E-state index in [4.69, 9.17) is 0 Å². The van der Waals surface area contributed by atoms with Gasteiger partial charge in [-0.3, -0.25) is 9.20 Å². The van der Waals surface area contributed by atoms with Gasteiger partial charge < -0.3 is 20.4 Å². The summed E-state index contributed by atoms with van der Waals surface area (Å²) in [6.07, 6.45) is 6.19. The number of piperazine rings is 1. The fraction of sp³-hybridized carbons (Fsp3) is 0.727. The number of guanidine groups is 1. The molecule has 1 saturated heterocycles. The van der Waals surface area contributed by atoms with Crippen LogP contribution in [0.4, 0.5) is 5.82 Å². The van der Waals surface area contributed by atoms with Crippen LogP contribution in [0.15, 0.2) is 23.3 Å². The summed E-state index contributed by atoms with van der Waals surface area (Å²) in [7, 11) is 1.10. The third-order valence-electron chi connectivity index (χ3n) is 6.26. The molecule has 3 atom stereocenters. The highest BCUT2D eigenvalue weighted by atomic mass is 127. The van der Waals surface area contributed by atoms with E-state index in [1.807, 2.05) is 20.2 Å². The van der Waals surface area contributed by atoms with Crippen molar-refractivity contribution in [1.82, 2.24) is 20.5 Å². The number of aliphatic imine (C=N–C) groups is 1. The molecule has 0 bridgehead atoms. The number of halogens is 1. The van der Waals surface area contributed by atoms with Crippen LogP contribution >= 0.6 is 24.0 Å². The van der Waals surface area contributed by atoms with Crippen molar-refractivity contribution < 1.29 is 4.21 Å². The number of aromatic nitrogens is 1. The molecule has 0 spiro atoms. The molecule has 1 aromatic heterocycles. The van der Waals surface area contributed by atoms with E-state index < -0.39 is 10.8 Å². The van der Waals surface area contributed by atoms with Crippen molar-refractivity contribution in [1.29, 1.82) is 0 Å². The Kier molecular flexibility index (Phi) is 11.5. The van der Waals surface area contributed by atoms with Crippen LogP contribution in [0.1, 0.15) is 45.1 Å². The molecule has 3 rings (SSSR count). The number of hydrogen-bond donors (Lipinski definition) is 2. The number of likely N-dealkylation sites (N-methyl/N-ethyl adjacent to an activating group) is 1. The molecule has 9 heteroatoms. The Morgan fingerprint density at radius 3 is 2.71 bits per heavy atom. The van der Waals surface area contributed by atoms with E-state index in [2.05, 4.69) is 49.5 Å². The largest absolute Gasteiger partial charge is 0.354 e. The van der Waals surface area contributed by atoms with E-state index in [0.717, 1.165) is 75.9 Å². The molecule has 2 aliphatic rings. The molecule has 1 aliphatic heterocycles. The lowest BCUT2D eigenvalue weighted by Gasteiger charge is -2.34. The maximum Gasteiger partial charge on any atom is 0.191 e. The first kappa shape index (κ1) is 26.3. The van der Waals surface area contributed by atoms with Crippen molar-refractivity contribution in [3.05, 3.63) is 23.9 Å². The third kappa shape index (κ3) is 7.85. The highest BCUT2D eigenvalue weighted by Gasteiger charge is 2.26. The Labute approximate surface area is 207 Å². The van der Waals surface area contributed by atoms with Crippen LogP contribution < -0.4 is 15.5 Å². The van der Waals surface area contributed by atoms with Gasteiger partial charge in [0.2, 0.25) is 0 Å².